The maximum Gasteiger partial charge on any atom is 0.408 e. The van der Waals surface area contributed by atoms with Gasteiger partial charge in [0.25, 0.3) is 0 Å². The summed E-state index contributed by atoms with van der Waals surface area (Å²) in [6, 6.07) is 5.51. The molecule has 34 heavy (non-hydrogen) atoms. The molecule has 3 amide bonds. The third kappa shape index (κ3) is 9.20. The molecule has 0 aliphatic rings. The van der Waals surface area contributed by atoms with Crippen LogP contribution in [0.25, 0.3) is 6.08 Å². The topological polar surface area (TPSA) is 87.7 Å². The van der Waals surface area contributed by atoms with Gasteiger partial charge in [-0.15, -0.1) is 0 Å². The number of amides is 3. The summed E-state index contributed by atoms with van der Waals surface area (Å²) in [5, 5.41) is 5.63. The average Bonchev–Trinajstić information content (AvgIpc) is 2.77. The molecule has 1 rings (SSSR count). The Hall–Kier alpha value is -2.83. The number of ether oxygens (including phenoxy) is 1. The second-order valence-electron chi connectivity index (χ2n) is 9.65. The first-order valence-corrected chi connectivity index (χ1v) is 12.3. The summed E-state index contributed by atoms with van der Waals surface area (Å²) in [7, 11) is 0. The van der Waals surface area contributed by atoms with E-state index in [1.807, 2.05) is 38.1 Å². The maximum atomic E-state index is 13.7. The highest BCUT2D eigenvalue weighted by atomic mass is 16.6. The van der Waals surface area contributed by atoms with Gasteiger partial charge in [0.15, 0.2) is 0 Å². The fourth-order valence-corrected chi connectivity index (χ4v) is 3.54. The molecule has 1 aromatic carbocycles. The summed E-state index contributed by atoms with van der Waals surface area (Å²) in [6.07, 6.45) is 4.61. The summed E-state index contributed by atoms with van der Waals surface area (Å²) in [6.45, 7) is 17.2. The van der Waals surface area contributed by atoms with Crippen LogP contribution in [0, 0.1) is 0 Å². The summed E-state index contributed by atoms with van der Waals surface area (Å²) in [5.41, 5.74) is 0.872. The lowest BCUT2D eigenvalue weighted by Gasteiger charge is -2.37. The van der Waals surface area contributed by atoms with Gasteiger partial charge in [-0.1, -0.05) is 57.5 Å². The van der Waals surface area contributed by atoms with E-state index in [9.17, 15) is 14.4 Å². The number of carbonyl (C=O) groups is 3. The Morgan fingerprint density at radius 2 is 1.82 bits per heavy atom. The lowest BCUT2D eigenvalue weighted by atomic mass is 9.98. The van der Waals surface area contributed by atoms with Gasteiger partial charge in [0.1, 0.15) is 17.7 Å². The number of rotatable bonds is 12. The molecule has 7 heteroatoms. The lowest BCUT2D eigenvalue weighted by molar-refractivity contribution is -0.144. The molecule has 0 fully saturated rings. The van der Waals surface area contributed by atoms with E-state index in [1.165, 1.54) is 0 Å². The van der Waals surface area contributed by atoms with E-state index < -0.39 is 23.8 Å². The monoisotopic (exact) mass is 473 g/mol. The van der Waals surface area contributed by atoms with Crippen LogP contribution in [0.5, 0.6) is 0 Å². The Bertz CT molecular complexity index is 831. The van der Waals surface area contributed by atoms with Crippen LogP contribution in [0.4, 0.5) is 4.79 Å². The zero-order chi connectivity index (χ0) is 25.9. The summed E-state index contributed by atoms with van der Waals surface area (Å²) in [5.74, 6) is -0.589. The standard InChI is InChI=1S/C27H43N3O4/c1-9-12-13-17-28-24(31)23(22-16-14-15-21(11-3)18-22)30(19(4)10-2)25(32)20(5)29-26(33)34-27(6,7)8/h11,14-16,18-20,23H,3,9-10,12-13,17H2,1-2,4-8H3,(H,28,31)(H,29,33). The van der Waals surface area contributed by atoms with Crippen molar-refractivity contribution in [3.05, 3.63) is 42.0 Å². The first-order chi connectivity index (χ1) is 15.9. The number of alkyl carbamates (subject to hydrolysis) is 1. The van der Waals surface area contributed by atoms with Gasteiger partial charge < -0.3 is 20.3 Å². The number of carbonyl (C=O) groups excluding carboxylic acids is 3. The van der Waals surface area contributed by atoms with Crippen LogP contribution in [0.15, 0.2) is 30.8 Å². The number of nitrogens with one attached hydrogen (secondary N) is 2. The van der Waals surface area contributed by atoms with E-state index in [0.717, 1.165) is 24.8 Å². The Labute approximate surface area is 205 Å². The van der Waals surface area contributed by atoms with Crippen molar-refractivity contribution in [2.75, 3.05) is 6.54 Å². The second-order valence-corrected chi connectivity index (χ2v) is 9.65. The molecule has 7 nitrogen and oxygen atoms in total. The molecule has 0 saturated carbocycles. The maximum absolute atomic E-state index is 13.7. The van der Waals surface area contributed by atoms with Crippen LogP contribution >= 0.6 is 0 Å². The molecule has 3 atom stereocenters. The van der Waals surface area contributed by atoms with Gasteiger partial charge in [-0.3, -0.25) is 9.59 Å². The number of hydrogen-bond acceptors (Lipinski definition) is 4. The summed E-state index contributed by atoms with van der Waals surface area (Å²) < 4.78 is 5.31. The van der Waals surface area contributed by atoms with Crippen LogP contribution in [0.1, 0.15) is 91.3 Å². The van der Waals surface area contributed by atoms with Crippen molar-refractivity contribution in [1.29, 1.82) is 0 Å². The first kappa shape index (κ1) is 29.2. The van der Waals surface area contributed by atoms with Crippen LogP contribution in [0.3, 0.4) is 0 Å². The number of unbranched alkanes of at least 4 members (excludes halogenated alkanes) is 2. The molecule has 3 unspecified atom stereocenters. The number of benzene rings is 1. The van der Waals surface area contributed by atoms with E-state index in [1.54, 1.807) is 38.7 Å². The van der Waals surface area contributed by atoms with Gasteiger partial charge in [0, 0.05) is 12.6 Å². The van der Waals surface area contributed by atoms with Gasteiger partial charge in [-0.25, -0.2) is 4.79 Å². The first-order valence-electron chi connectivity index (χ1n) is 12.3. The Kier molecular flexibility index (Phi) is 11.8. The number of hydrogen-bond donors (Lipinski definition) is 2. The fraction of sp³-hybridized carbons (Fsp3) is 0.593. The third-order valence-electron chi connectivity index (χ3n) is 5.49. The molecule has 0 bridgehead atoms. The quantitative estimate of drug-likeness (QED) is 0.408. The second kappa shape index (κ2) is 13.8. The van der Waals surface area contributed by atoms with Crippen LogP contribution in [-0.2, 0) is 14.3 Å². The average molecular weight is 474 g/mol. The third-order valence-corrected chi connectivity index (χ3v) is 5.49. The van der Waals surface area contributed by atoms with Gasteiger partial charge in [0.05, 0.1) is 0 Å². The molecule has 0 aliphatic carbocycles. The Balaban J connectivity index is 3.32. The SMILES string of the molecule is C=Cc1cccc(C(C(=O)NCCCCC)N(C(=O)C(C)NC(=O)OC(C)(C)C)C(C)CC)c1. The smallest absolute Gasteiger partial charge is 0.408 e. The van der Waals surface area contributed by atoms with Crippen LogP contribution < -0.4 is 10.6 Å². The largest absolute Gasteiger partial charge is 0.444 e. The van der Waals surface area contributed by atoms with Crippen molar-refractivity contribution in [3.8, 4) is 0 Å². The molecule has 0 aromatic heterocycles. The molecule has 0 radical (unpaired) electrons. The Morgan fingerprint density at radius 1 is 1.15 bits per heavy atom. The van der Waals surface area contributed by atoms with Crippen molar-refractivity contribution < 1.29 is 19.1 Å². The van der Waals surface area contributed by atoms with Crippen LogP contribution in [-0.4, -0.2) is 47.0 Å². The zero-order valence-corrected chi connectivity index (χ0v) is 21.9. The molecular weight excluding hydrogens is 430 g/mol. The van der Waals surface area contributed by atoms with E-state index in [0.29, 0.717) is 18.5 Å². The zero-order valence-electron chi connectivity index (χ0n) is 21.9. The molecule has 0 saturated heterocycles. The molecule has 190 valence electrons. The minimum Gasteiger partial charge on any atom is -0.444 e. The van der Waals surface area contributed by atoms with Gasteiger partial charge in [-0.2, -0.15) is 0 Å². The molecule has 0 spiro atoms. The van der Waals surface area contributed by atoms with Crippen molar-refractivity contribution in [2.45, 2.75) is 97.9 Å². The molecule has 0 heterocycles. The van der Waals surface area contributed by atoms with Crippen LogP contribution in [0.2, 0.25) is 0 Å². The minimum absolute atomic E-state index is 0.240. The van der Waals surface area contributed by atoms with Gasteiger partial charge >= 0.3 is 6.09 Å². The van der Waals surface area contributed by atoms with Crippen molar-refractivity contribution in [1.82, 2.24) is 15.5 Å². The number of nitrogens with zero attached hydrogens (tertiary/aromatic N) is 1. The predicted octanol–water partition coefficient (Wildman–Crippen LogP) is 5.22. The highest BCUT2D eigenvalue weighted by molar-refractivity contribution is 5.92. The van der Waals surface area contributed by atoms with Gasteiger partial charge in [0.2, 0.25) is 11.8 Å². The lowest BCUT2D eigenvalue weighted by Crippen LogP contribution is -2.54. The normalized spacial score (nSPS) is 13.9. The molecular formula is C27H43N3O4. The van der Waals surface area contributed by atoms with E-state index in [-0.39, 0.29) is 17.9 Å². The predicted molar refractivity (Wildman–Crippen MR) is 137 cm³/mol. The Morgan fingerprint density at radius 3 is 2.38 bits per heavy atom. The van der Waals surface area contributed by atoms with Crippen molar-refractivity contribution in [2.24, 2.45) is 0 Å². The highest BCUT2D eigenvalue weighted by Crippen LogP contribution is 2.27. The summed E-state index contributed by atoms with van der Waals surface area (Å²) in [4.78, 5) is 41.0. The fourth-order valence-electron chi connectivity index (χ4n) is 3.54. The van der Waals surface area contributed by atoms with Crippen molar-refractivity contribution in [3.63, 3.8) is 0 Å². The van der Waals surface area contributed by atoms with E-state index in [4.69, 9.17) is 4.74 Å². The molecule has 0 aliphatic heterocycles. The van der Waals surface area contributed by atoms with Crippen molar-refractivity contribution >= 4 is 24.0 Å². The van der Waals surface area contributed by atoms with E-state index in [2.05, 4.69) is 24.1 Å². The molecule has 2 N–H and O–H groups in total. The highest BCUT2D eigenvalue weighted by Gasteiger charge is 2.37. The van der Waals surface area contributed by atoms with E-state index >= 15 is 0 Å². The molecule has 1 aromatic rings. The minimum atomic E-state index is -0.873. The summed E-state index contributed by atoms with van der Waals surface area (Å²) >= 11 is 0. The van der Waals surface area contributed by atoms with Gasteiger partial charge in [-0.05, 0) is 64.7 Å².